The van der Waals surface area contributed by atoms with Gasteiger partial charge in [0.05, 0.1) is 12.5 Å². The van der Waals surface area contributed by atoms with Crippen LogP contribution < -0.4 is 10.1 Å². The molecular formula is C23H22N4O4. The lowest BCUT2D eigenvalue weighted by Gasteiger charge is -2.20. The minimum Gasteiger partial charge on any atom is -0.469 e. The highest BCUT2D eigenvalue weighted by Gasteiger charge is 2.30. The van der Waals surface area contributed by atoms with Crippen LogP contribution in [0, 0.1) is 5.41 Å². The Morgan fingerprint density at radius 1 is 1.03 bits per heavy atom. The summed E-state index contributed by atoms with van der Waals surface area (Å²) in [5.41, 5.74) is 3.39. The second-order valence-electron chi connectivity index (χ2n) is 7.61. The smallest absolute Gasteiger partial charge is 0.316 e. The molecule has 2 aromatic heterocycles. The van der Waals surface area contributed by atoms with Crippen LogP contribution in [0.2, 0.25) is 0 Å². The highest BCUT2D eigenvalue weighted by molar-refractivity contribution is 5.76. The van der Waals surface area contributed by atoms with E-state index in [2.05, 4.69) is 20.3 Å². The molecule has 8 heteroatoms. The number of carbonyl (C=O) groups is 1. The van der Waals surface area contributed by atoms with Crippen molar-refractivity contribution in [3.63, 3.8) is 0 Å². The molecule has 4 aromatic rings. The molecule has 0 unspecified atom stereocenters. The molecule has 0 spiro atoms. The second-order valence-corrected chi connectivity index (χ2v) is 7.61. The number of anilines is 2. The molecule has 8 nitrogen and oxygen atoms in total. The van der Waals surface area contributed by atoms with E-state index in [1.165, 1.54) is 7.11 Å². The summed E-state index contributed by atoms with van der Waals surface area (Å²) < 4.78 is 16.0. The maximum absolute atomic E-state index is 11.7. The van der Waals surface area contributed by atoms with Crippen LogP contribution in [0.4, 0.5) is 11.7 Å². The maximum Gasteiger partial charge on any atom is 0.316 e. The molecule has 0 saturated heterocycles. The predicted molar refractivity (Wildman–Crippen MR) is 116 cm³/mol. The number of nitrogens with one attached hydrogen (secondary N) is 1. The summed E-state index contributed by atoms with van der Waals surface area (Å²) in [5.74, 6) is -0.351. The molecule has 1 N–H and O–H groups in total. The first-order chi connectivity index (χ1) is 14.9. The summed E-state index contributed by atoms with van der Waals surface area (Å²) in [7, 11) is 1.35. The van der Waals surface area contributed by atoms with Gasteiger partial charge in [-0.05, 0) is 43.7 Å². The molecule has 2 aromatic carbocycles. The number of hydrogen-bond acceptors (Lipinski definition) is 8. The number of carbonyl (C=O) groups excluding carboxylic acids is 1. The number of fused-ring (bicyclic) bond motifs is 1. The van der Waals surface area contributed by atoms with Gasteiger partial charge in [0.25, 0.3) is 6.01 Å². The van der Waals surface area contributed by atoms with Crippen molar-refractivity contribution in [2.24, 2.45) is 5.41 Å². The van der Waals surface area contributed by atoms with E-state index in [4.69, 9.17) is 13.9 Å². The Morgan fingerprint density at radius 3 is 2.42 bits per heavy atom. The zero-order valence-electron chi connectivity index (χ0n) is 17.5. The van der Waals surface area contributed by atoms with Crippen LogP contribution in [0.25, 0.3) is 22.2 Å². The van der Waals surface area contributed by atoms with Crippen molar-refractivity contribution in [2.75, 3.05) is 19.0 Å². The van der Waals surface area contributed by atoms with Gasteiger partial charge >= 0.3 is 12.0 Å². The van der Waals surface area contributed by atoms with E-state index in [0.29, 0.717) is 6.01 Å². The molecule has 0 atom stereocenters. The maximum atomic E-state index is 11.7. The van der Waals surface area contributed by atoms with E-state index in [1.54, 1.807) is 26.2 Å². The number of nitrogens with zero attached hydrogens (tertiary/aromatic N) is 3. The van der Waals surface area contributed by atoms with Gasteiger partial charge in [0.2, 0.25) is 0 Å². The zero-order chi connectivity index (χ0) is 21.8. The molecule has 158 valence electrons. The number of esters is 1. The zero-order valence-corrected chi connectivity index (χ0v) is 17.5. The number of benzene rings is 2. The van der Waals surface area contributed by atoms with E-state index in [9.17, 15) is 4.79 Å². The molecule has 0 aliphatic heterocycles. The summed E-state index contributed by atoms with van der Waals surface area (Å²) in [6, 6.07) is 16.0. The summed E-state index contributed by atoms with van der Waals surface area (Å²) in [5, 5.41) is 3.16. The standard InChI is InChI=1S/C23H22N4O4/c1-23(2,20(28)29-3)14-30-21-24-12-16(13-25-21)15-8-10-17(11-9-15)26-22-27-18-6-4-5-7-19(18)31-22/h4-13H,14H2,1-3H3,(H,26,27). The van der Waals surface area contributed by atoms with Crippen LogP contribution >= 0.6 is 0 Å². The van der Waals surface area contributed by atoms with Crippen LogP contribution in [0.5, 0.6) is 6.01 Å². The average Bonchev–Trinajstić information content (AvgIpc) is 3.20. The Labute approximate surface area is 179 Å². The molecule has 31 heavy (non-hydrogen) atoms. The average molecular weight is 418 g/mol. The molecule has 2 heterocycles. The molecule has 0 saturated carbocycles. The quantitative estimate of drug-likeness (QED) is 0.435. The fourth-order valence-electron chi connectivity index (χ4n) is 2.92. The van der Waals surface area contributed by atoms with Gasteiger partial charge in [-0.25, -0.2) is 9.97 Å². The van der Waals surface area contributed by atoms with Gasteiger partial charge in [-0.1, -0.05) is 24.3 Å². The van der Waals surface area contributed by atoms with E-state index in [0.717, 1.165) is 27.9 Å². The summed E-state index contributed by atoms with van der Waals surface area (Å²) in [4.78, 5) is 24.6. The van der Waals surface area contributed by atoms with Crippen molar-refractivity contribution >= 4 is 28.8 Å². The number of para-hydroxylation sites is 2. The molecule has 0 bridgehead atoms. The minimum atomic E-state index is -0.783. The van der Waals surface area contributed by atoms with Gasteiger partial charge < -0.3 is 19.2 Å². The van der Waals surface area contributed by atoms with Crippen LogP contribution in [0.1, 0.15) is 13.8 Å². The third-order valence-electron chi connectivity index (χ3n) is 4.69. The molecule has 0 fully saturated rings. The van der Waals surface area contributed by atoms with Gasteiger partial charge in [0.1, 0.15) is 12.1 Å². The largest absolute Gasteiger partial charge is 0.469 e. The first kappa shape index (κ1) is 20.3. The number of methoxy groups -OCH3 is 1. The summed E-state index contributed by atoms with van der Waals surface area (Å²) in [6.45, 7) is 3.60. The SMILES string of the molecule is COC(=O)C(C)(C)COc1ncc(-c2ccc(Nc3nc4ccccc4o3)cc2)cn1. The number of aromatic nitrogens is 3. The normalized spacial score (nSPS) is 11.3. The van der Waals surface area contributed by atoms with E-state index >= 15 is 0 Å². The van der Waals surface area contributed by atoms with Gasteiger partial charge in [-0.2, -0.15) is 4.98 Å². The highest BCUT2D eigenvalue weighted by atomic mass is 16.5. The number of hydrogen-bond donors (Lipinski definition) is 1. The Bertz CT molecular complexity index is 1150. The minimum absolute atomic E-state index is 0.120. The molecule has 0 radical (unpaired) electrons. The lowest BCUT2D eigenvalue weighted by molar-refractivity contribution is -0.152. The third-order valence-corrected chi connectivity index (χ3v) is 4.69. The Balaban J connectivity index is 1.40. The molecule has 0 aliphatic rings. The topological polar surface area (TPSA) is 99.4 Å². The lowest BCUT2D eigenvalue weighted by atomic mass is 9.95. The molecular weight excluding hydrogens is 396 g/mol. The van der Waals surface area contributed by atoms with Gasteiger partial charge in [-0.3, -0.25) is 4.79 Å². The van der Waals surface area contributed by atoms with Crippen molar-refractivity contribution in [1.29, 1.82) is 0 Å². The van der Waals surface area contributed by atoms with Crippen molar-refractivity contribution in [2.45, 2.75) is 13.8 Å². The van der Waals surface area contributed by atoms with Gasteiger partial charge in [0.15, 0.2) is 5.58 Å². The highest BCUT2D eigenvalue weighted by Crippen LogP contribution is 2.25. The van der Waals surface area contributed by atoms with E-state index < -0.39 is 5.41 Å². The third kappa shape index (κ3) is 4.63. The Hall–Kier alpha value is -3.94. The first-order valence-corrected chi connectivity index (χ1v) is 9.71. The molecule has 0 amide bonds. The predicted octanol–water partition coefficient (Wildman–Crippen LogP) is 4.61. The molecule has 0 aliphatic carbocycles. The van der Waals surface area contributed by atoms with Crippen LogP contribution in [-0.2, 0) is 9.53 Å². The van der Waals surface area contributed by atoms with Gasteiger partial charge in [-0.15, -0.1) is 0 Å². The Morgan fingerprint density at radius 2 is 1.74 bits per heavy atom. The van der Waals surface area contributed by atoms with E-state index in [1.807, 2.05) is 48.5 Å². The summed E-state index contributed by atoms with van der Waals surface area (Å²) in [6.07, 6.45) is 3.35. The van der Waals surface area contributed by atoms with Crippen molar-refractivity contribution in [3.8, 4) is 17.1 Å². The van der Waals surface area contributed by atoms with Crippen molar-refractivity contribution < 1.29 is 18.7 Å². The van der Waals surface area contributed by atoms with Crippen LogP contribution in [0.15, 0.2) is 65.3 Å². The van der Waals surface area contributed by atoms with Crippen LogP contribution in [-0.4, -0.2) is 34.6 Å². The fourth-order valence-corrected chi connectivity index (χ4v) is 2.92. The second kappa shape index (κ2) is 8.43. The molecule has 4 rings (SSSR count). The monoisotopic (exact) mass is 418 g/mol. The van der Waals surface area contributed by atoms with Crippen molar-refractivity contribution in [3.05, 3.63) is 60.9 Å². The number of oxazole rings is 1. The Kier molecular flexibility index (Phi) is 5.53. The fraction of sp³-hybridized carbons (Fsp3) is 0.217. The van der Waals surface area contributed by atoms with E-state index in [-0.39, 0.29) is 18.6 Å². The lowest BCUT2D eigenvalue weighted by Crippen LogP contribution is -2.32. The van der Waals surface area contributed by atoms with Crippen molar-refractivity contribution in [1.82, 2.24) is 15.0 Å². The summed E-state index contributed by atoms with van der Waals surface area (Å²) >= 11 is 0. The van der Waals surface area contributed by atoms with Crippen LogP contribution in [0.3, 0.4) is 0 Å². The number of ether oxygens (including phenoxy) is 2. The first-order valence-electron chi connectivity index (χ1n) is 9.71. The number of rotatable bonds is 7. The van der Waals surface area contributed by atoms with Gasteiger partial charge in [0, 0.05) is 23.6 Å².